The number of thioether (sulfide) groups is 1. The Morgan fingerprint density at radius 3 is 2.62 bits per heavy atom. The van der Waals surface area contributed by atoms with Crippen LogP contribution in [-0.2, 0) is 9.59 Å². The molecule has 0 spiro atoms. The third-order valence-corrected chi connectivity index (χ3v) is 3.95. The average molecular weight is 305 g/mol. The quantitative estimate of drug-likeness (QED) is 0.620. The number of hydrogen-bond acceptors (Lipinski definition) is 4. The second-order valence-electron chi connectivity index (χ2n) is 4.37. The number of carbonyl (C=O) groups excluding carboxylic acids is 3. The monoisotopic (exact) mass is 305 g/mol. The largest absolute Gasteiger partial charge is 0.501 e. The lowest BCUT2D eigenvalue weighted by atomic mass is 10.1. The number of fused-ring (bicyclic) bond motifs is 1. The smallest absolute Gasteiger partial charge is 0.338 e. The molecule has 8 heteroatoms. The van der Waals surface area contributed by atoms with E-state index in [9.17, 15) is 14.4 Å². The van der Waals surface area contributed by atoms with Gasteiger partial charge in [0, 0.05) is 5.56 Å². The van der Waals surface area contributed by atoms with E-state index in [0.29, 0.717) is 23.0 Å². The Kier molecular flexibility index (Phi) is 3.02. The second kappa shape index (κ2) is 4.74. The number of carboxylic acids is 1. The highest BCUT2D eigenvalue weighted by Gasteiger charge is 2.40. The van der Waals surface area contributed by atoms with Crippen molar-refractivity contribution in [3.05, 3.63) is 34.7 Å². The van der Waals surface area contributed by atoms with Gasteiger partial charge in [-0.3, -0.25) is 24.6 Å². The molecule has 7 nitrogen and oxygen atoms in total. The Balaban J connectivity index is 2.18. The van der Waals surface area contributed by atoms with Crippen molar-refractivity contribution in [1.82, 2.24) is 5.32 Å². The number of benzene rings is 1. The minimum atomic E-state index is -0.913. The van der Waals surface area contributed by atoms with Crippen LogP contribution >= 0.6 is 11.8 Å². The maximum absolute atomic E-state index is 12.5. The van der Waals surface area contributed by atoms with Crippen LogP contribution in [0, 0.1) is 0 Å². The number of nitrogens with one attached hydrogen (secondary N) is 1. The lowest BCUT2D eigenvalue weighted by Gasteiger charge is -2.11. The van der Waals surface area contributed by atoms with E-state index >= 15 is 0 Å². The molecule has 2 heterocycles. The van der Waals surface area contributed by atoms with Gasteiger partial charge in [-0.05, 0) is 17.8 Å². The number of anilines is 1. The van der Waals surface area contributed by atoms with Gasteiger partial charge in [0.2, 0.25) is 0 Å². The zero-order chi connectivity index (χ0) is 15.1. The molecule has 0 bridgehead atoms. The highest BCUT2D eigenvalue weighted by atomic mass is 32.2. The molecule has 2 aliphatic rings. The molecule has 0 radical (unpaired) electrons. The normalized spacial score (nSPS) is 20.8. The maximum atomic E-state index is 12.5. The number of para-hydroxylation sites is 1. The summed E-state index contributed by atoms with van der Waals surface area (Å²) in [6.07, 6.45) is 0. The average Bonchev–Trinajstić information content (AvgIpc) is 2.88. The van der Waals surface area contributed by atoms with Crippen molar-refractivity contribution in [3.63, 3.8) is 0 Å². The van der Waals surface area contributed by atoms with E-state index < -0.39 is 29.6 Å². The van der Waals surface area contributed by atoms with Crippen LogP contribution in [0.5, 0.6) is 0 Å². The molecule has 1 saturated heterocycles. The van der Waals surface area contributed by atoms with Crippen LogP contribution in [0.25, 0.3) is 5.57 Å². The molecule has 3 rings (SSSR count). The Morgan fingerprint density at radius 1 is 1.29 bits per heavy atom. The SMILES string of the molecule is O=C1NC(=O)/C(=C2/C(=O)N(CC(O)=[OH+])c3ccccc32)S1. The summed E-state index contributed by atoms with van der Waals surface area (Å²) in [6.45, 7) is -0.396. The molecule has 1 aromatic rings. The second-order valence-corrected chi connectivity index (χ2v) is 5.36. The first-order chi connectivity index (χ1) is 9.99. The summed E-state index contributed by atoms with van der Waals surface area (Å²) in [4.78, 5) is 45.7. The molecular weight excluding hydrogens is 296 g/mol. The van der Waals surface area contributed by atoms with E-state index in [2.05, 4.69) is 5.32 Å². The van der Waals surface area contributed by atoms with Gasteiger partial charge in [0.1, 0.15) is 0 Å². The van der Waals surface area contributed by atoms with E-state index in [4.69, 9.17) is 9.90 Å². The van der Waals surface area contributed by atoms with Crippen molar-refractivity contribution in [2.75, 3.05) is 11.4 Å². The van der Waals surface area contributed by atoms with Gasteiger partial charge in [0.05, 0.1) is 16.2 Å². The zero-order valence-corrected chi connectivity index (χ0v) is 11.3. The fourth-order valence-corrected chi connectivity index (χ4v) is 3.05. The summed E-state index contributed by atoms with van der Waals surface area (Å²) in [5.41, 5.74) is 1.04. The standard InChI is InChI=1S/C13H8N2O5S/c16-8(17)5-15-7-4-2-1-3-6(7)9(12(15)19)10-11(18)14-13(20)21-10/h1-4H,5H2,(H,16,17)(H,14,18,20)/p+1/b10-9-. The van der Waals surface area contributed by atoms with Crippen molar-refractivity contribution in [2.45, 2.75) is 0 Å². The van der Waals surface area contributed by atoms with Gasteiger partial charge in [-0.1, -0.05) is 18.2 Å². The number of carboxylic acid groups (broad SMARTS) is 1. The molecule has 2 aliphatic heterocycles. The first kappa shape index (κ1) is 13.4. The highest BCUT2D eigenvalue weighted by Crippen LogP contribution is 2.42. The van der Waals surface area contributed by atoms with E-state index in [-0.39, 0.29) is 10.5 Å². The Hall–Kier alpha value is -2.61. The summed E-state index contributed by atoms with van der Waals surface area (Å²) in [6, 6.07) is 6.65. The predicted octanol–water partition coefficient (Wildman–Crippen LogP) is 0.788. The molecule has 21 heavy (non-hydrogen) atoms. The van der Waals surface area contributed by atoms with Gasteiger partial charge in [0.25, 0.3) is 17.1 Å². The fraction of sp³-hybridized carbons (Fsp3) is 0.0769. The predicted molar refractivity (Wildman–Crippen MR) is 76.4 cm³/mol. The Labute approximate surface area is 122 Å². The van der Waals surface area contributed by atoms with Gasteiger partial charge in [0.15, 0.2) is 6.54 Å². The fourth-order valence-electron chi connectivity index (χ4n) is 2.28. The van der Waals surface area contributed by atoms with E-state index in [1.807, 2.05) is 0 Å². The maximum Gasteiger partial charge on any atom is 0.501 e. The van der Waals surface area contributed by atoms with Crippen molar-refractivity contribution in [3.8, 4) is 0 Å². The van der Waals surface area contributed by atoms with Crippen LogP contribution in [0.4, 0.5) is 10.5 Å². The Bertz CT molecular complexity index is 740. The lowest BCUT2D eigenvalue weighted by Crippen LogP contribution is -2.32. The highest BCUT2D eigenvalue weighted by molar-refractivity contribution is 8.18. The summed E-state index contributed by atoms with van der Waals surface area (Å²) in [5.74, 6) is -2.09. The number of nitrogens with zero attached hydrogens (tertiary/aromatic N) is 1. The van der Waals surface area contributed by atoms with Gasteiger partial charge in [-0.25, -0.2) is 0 Å². The molecule has 1 fully saturated rings. The molecule has 0 unspecified atom stereocenters. The lowest BCUT2D eigenvalue weighted by molar-refractivity contribution is -0.116. The first-order valence-corrected chi connectivity index (χ1v) is 6.73. The van der Waals surface area contributed by atoms with Crippen LogP contribution in [0.1, 0.15) is 5.56 Å². The minimum Gasteiger partial charge on any atom is -0.338 e. The number of imide groups is 1. The summed E-state index contributed by atoms with van der Waals surface area (Å²) >= 11 is 0.660. The number of aliphatic carboxylic acids is 1. The molecule has 0 atom stereocenters. The summed E-state index contributed by atoms with van der Waals surface area (Å²) in [7, 11) is 0. The van der Waals surface area contributed by atoms with Gasteiger partial charge < -0.3 is 9.90 Å². The molecule has 0 saturated carbocycles. The Morgan fingerprint density at radius 2 is 2.00 bits per heavy atom. The zero-order valence-electron chi connectivity index (χ0n) is 10.5. The molecule has 1 aromatic carbocycles. The number of carbonyl (C=O) groups is 3. The van der Waals surface area contributed by atoms with Crippen molar-refractivity contribution in [1.29, 1.82) is 0 Å². The van der Waals surface area contributed by atoms with Crippen molar-refractivity contribution in [2.24, 2.45) is 0 Å². The van der Waals surface area contributed by atoms with E-state index in [1.165, 1.54) is 0 Å². The number of amides is 3. The third kappa shape index (κ3) is 2.09. The van der Waals surface area contributed by atoms with Crippen molar-refractivity contribution >= 4 is 46.0 Å². The van der Waals surface area contributed by atoms with Gasteiger partial charge >= 0.3 is 5.97 Å². The third-order valence-electron chi connectivity index (χ3n) is 3.07. The summed E-state index contributed by atoms with van der Waals surface area (Å²) < 4.78 is 0. The van der Waals surface area contributed by atoms with E-state index in [1.54, 1.807) is 24.3 Å². The molecule has 3 N–H and O–H groups in total. The van der Waals surface area contributed by atoms with Crippen LogP contribution in [0.15, 0.2) is 29.2 Å². The van der Waals surface area contributed by atoms with Crippen LogP contribution in [-0.4, -0.2) is 39.5 Å². The van der Waals surface area contributed by atoms with Gasteiger partial charge in [-0.15, -0.1) is 0 Å². The molecule has 106 valence electrons. The minimum absolute atomic E-state index is 0.0254. The number of rotatable bonds is 2. The number of hydrogen-bond donors (Lipinski definition) is 2. The van der Waals surface area contributed by atoms with Gasteiger partial charge in [-0.2, -0.15) is 0 Å². The molecule has 0 aliphatic carbocycles. The van der Waals surface area contributed by atoms with Crippen LogP contribution in [0.2, 0.25) is 0 Å². The molecule has 0 aromatic heterocycles. The van der Waals surface area contributed by atoms with E-state index in [0.717, 1.165) is 4.90 Å². The van der Waals surface area contributed by atoms with Crippen molar-refractivity contribution < 1.29 is 24.3 Å². The molecule has 3 amide bonds. The summed E-state index contributed by atoms with van der Waals surface area (Å²) in [5, 5.41) is 10.6. The molecular formula is C13H9N2O5S+. The van der Waals surface area contributed by atoms with Crippen LogP contribution < -0.4 is 10.2 Å². The van der Waals surface area contributed by atoms with Crippen LogP contribution in [0.3, 0.4) is 0 Å². The topological polar surface area (TPSA) is 108 Å². The first-order valence-electron chi connectivity index (χ1n) is 5.91. The number of aliphatic hydroxyl groups excluding tert-OH is 1.